The molecule has 8 heteroatoms. The Balaban J connectivity index is 1.86. The van der Waals surface area contributed by atoms with Gasteiger partial charge >= 0.3 is 6.09 Å². The summed E-state index contributed by atoms with van der Waals surface area (Å²) in [5.74, 6) is 1.29. The third-order valence-corrected chi connectivity index (χ3v) is 5.59. The second kappa shape index (κ2) is 11.4. The van der Waals surface area contributed by atoms with Crippen molar-refractivity contribution < 1.29 is 19.1 Å². The van der Waals surface area contributed by atoms with Crippen LogP contribution in [0.3, 0.4) is 0 Å². The molecule has 1 aliphatic carbocycles. The van der Waals surface area contributed by atoms with Gasteiger partial charge in [0.15, 0.2) is 5.17 Å². The molecule has 0 atom stereocenters. The molecule has 0 unspecified atom stereocenters. The van der Waals surface area contributed by atoms with E-state index in [2.05, 4.69) is 20.4 Å². The van der Waals surface area contributed by atoms with Gasteiger partial charge in [0.1, 0.15) is 11.5 Å². The molecule has 2 aromatic rings. The Labute approximate surface area is 186 Å². The lowest BCUT2D eigenvalue weighted by atomic mass is 9.88. The Kier molecular flexibility index (Phi) is 8.35. The number of hydrogen-bond donors (Lipinski definition) is 2. The van der Waals surface area contributed by atoms with E-state index in [-0.39, 0.29) is 11.8 Å². The van der Waals surface area contributed by atoms with Gasteiger partial charge in [0.05, 0.1) is 18.5 Å². The predicted molar refractivity (Wildman–Crippen MR) is 125 cm³/mol. The largest absolute Gasteiger partial charge is 0.457 e. The summed E-state index contributed by atoms with van der Waals surface area (Å²) in [7, 11) is 1.27. The Hall–Kier alpha value is -3.00. The maximum Gasteiger partial charge on any atom is 0.435 e. The van der Waals surface area contributed by atoms with Crippen LogP contribution in [-0.4, -0.2) is 30.5 Å². The van der Waals surface area contributed by atoms with Crippen molar-refractivity contribution in [3.63, 3.8) is 0 Å². The molecule has 0 saturated heterocycles. The van der Waals surface area contributed by atoms with Crippen LogP contribution >= 0.6 is 11.8 Å². The minimum atomic E-state index is -0.700. The first-order chi connectivity index (χ1) is 15.1. The molecular weight excluding hydrogens is 414 g/mol. The fraction of sp³-hybridized carbons (Fsp3) is 0.348. The van der Waals surface area contributed by atoms with Crippen LogP contribution < -0.4 is 15.4 Å². The first-order valence-corrected chi connectivity index (χ1v) is 11.5. The number of para-hydroxylation sites is 1. The van der Waals surface area contributed by atoms with Crippen LogP contribution in [0.2, 0.25) is 0 Å². The van der Waals surface area contributed by atoms with Gasteiger partial charge in [0.2, 0.25) is 5.91 Å². The molecule has 1 saturated carbocycles. The smallest absolute Gasteiger partial charge is 0.435 e. The maximum absolute atomic E-state index is 12.9. The lowest BCUT2D eigenvalue weighted by molar-refractivity contribution is -0.120. The van der Waals surface area contributed by atoms with E-state index in [0.717, 1.165) is 25.7 Å². The van der Waals surface area contributed by atoms with Crippen LogP contribution in [0.1, 0.15) is 32.1 Å². The molecule has 0 heterocycles. The summed E-state index contributed by atoms with van der Waals surface area (Å²) in [6, 6.07) is 14.8. The van der Waals surface area contributed by atoms with Gasteiger partial charge in [-0.1, -0.05) is 49.2 Å². The zero-order valence-electron chi connectivity index (χ0n) is 17.7. The van der Waals surface area contributed by atoms with Crippen molar-refractivity contribution in [1.82, 2.24) is 0 Å². The van der Waals surface area contributed by atoms with E-state index in [0.29, 0.717) is 28.0 Å². The molecule has 2 aromatic carbocycles. The molecule has 1 aliphatic rings. The van der Waals surface area contributed by atoms with Crippen molar-refractivity contribution in [2.75, 3.05) is 24.0 Å². The highest BCUT2D eigenvalue weighted by molar-refractivity contribution is 8.13. The summed E-state index contributed by atoms with van der Waals surface area (Å²) in [6.07, 6.45) is 6.21. The average Bonchev–Trinajstić information content (AvgIpc) is 2.81. The summed E-state index contributed by atoms with van der Waals surface area (Å²) in [5.41, 5.74) is 1.18. The summed E-state index contributed by atoms with van der Waals surface area (Å²) in [6.45, 7) is 0. The van der Waals surface area contributed by atoms with Gasteiger partial charge in [-0.25, -0.2) is 4.79 Å². The molecule has 0 spiro atoms. The van der Waals surface area contributed by atoms with Crippen LogP contribution in [0, 0.1) is 5.92 Å². The number of amidine groups is 1. The number of benzene rings is 2. The fourth-order valence-corrected chi connectivity index (χ4v) is 3.77. The van der Waals surface area contributed by atoms with Crippen molar-refractivity contribution in [2.45, 2.75) is 32.1 Å². The lowest BCUT2D eigenvalue weighted by Crippen LogP contribution is -2.25. The van der Waals surface area contributed by atoms with E-state index >= 15 is 0 Å². The topological polar surface area (TPSA) is 89.0 Å². The van der Waals surface area contributed by atoms with Gasteiger partial charge in [0, 0.05) is 12.0 Å². The van der Waals surface area contributed by atoms with Crippen LogP contribution in [0.5, 0.6) is 11.5 Å². The number of anilines is 2. The summed E-state index contributed by atoms with van der Waals surface area (Å²) in [5, 5.41) is 6.50. The fourth-order valence-electron chi connectivity index (χ4n) is 3.39. The van der Waals surface area contributed by atoms with E-state index < -0.39 is 6.09 Å². The number of rotatable bonds is 5. The number of nitrogens with one attached hydrogen (secondary N) is 2. The van der Waals surface area contributed by atoms with Crippen molar-refractivity contribution in [3.8, 4) is 11.5 Å². The zero-order chi connectivity index (χ0) is 22.1. The van der Waals surface area contributed by atoms with E-state index in [1.807, 2.05) is 30.3 Å². The third kappa shape index (κ3) is 6.75. The number of carbonyl (C=O) groups excluding carboxylic acids is 2. The van der Waals surface area contributed by atoms with Crippen molar-refractivity contribution >= 4 is 40.3 Å². The van der Waals surface area contributed by atoms with Crippen LogP contribution in [0.4, 0.5) is 16.2 Å². The lowest BCUT2D eigenvalue weighted by Gasteiger charge is -2.22. The standard InChI is InChI=1S/C23H27N3O4S/c1-29-23(28)26-22(31-2)25-19-14-13-18(30-17-11-7-4-8-12-17)15-20(19)24-21(27)16-9-5-3-6-10-16/h4,7-8,11-16H,3,5-6,9-10H2,1-2H3,(H,24,27)(H,25,26,28). The first-order valence-electron chi connectivity index (χ1n) is 10.2. The van der Waals surface area contributed by atoms with Crippen molar-refractivity contribution in [2.24, 2.45) is 10.9 Å². The van der Waals surface area contributed by atoms with Crippen LogP contribution in [0.25, 0.3) is 0 Å². The number of aliphatic imine (C=N–C) groups is 1. The molecule has 31 heavy (non-hydrogen) atoms. The average molecular weight is 442 g/mol. The molecule has 7 nitrogen and oxygen atoms in total. The molecule has 1 fully saturated rings. The van der Waals surface area contributed by atoms with E-state index in [4.69, 9.17) is 4.74 Å². The minimum Gasteiger partial charge on any atom is -0.457 e. The van der Waals surface area contributed by atoms with Crippen LogP contribution in [-0.2, 0) is 9.53 Å². The molecule has 0 bridgehead atoms. The second-order valence-corrected chi connectivity index (χ2v) is 7.96. The van der Waals surface area contributed by atoms with Gasteiger partial charge in [0.25, 0.3) is 0 Å². The zero-order valence-corrected chi connectivity index (χ0v) is 18.5. The number of ether oxygens (including phenoxy) is 2. The van der Waals surface area contributed by atoms with Gasteiger partial charge in [-0.15, -0.1) is 0 Å². The van der Waals surface area contributed by atoms with E-state index in [9.17, 15) is 9.59 Å². The number of amides is 2. The molecule has 164 valence electrons. The number of hydrogen-bond acceptors (Lipinski definition) is 5. The van der Waals surface area contributed by atoms with Gasteiger partial charge in [-0.2, -0.15) is 4.99 Å². The summed E-state index contributed by atoms with van der Waals surface area (Å²) < 4.78 is 10.5. The molecule has 2 N–H and O–H groups in total. The van der Waals surface area contributed by atoms with Gasteiger partial charge < -0.3 is 20.1 Å². The maximum atomic E-state index is 12.9. The highest BCUT2D eigenvalue weighted by Gasteiger charge is 2.22. The van der Waals surface area contributed by atoms with Gasteiger partial charge in [-0.05, 0) is 43.4 Å². The first kappa shape index (κ1) is 22.7. The minimum absolute atomic E-state index is 0.00375. The highest BCUT2D eigenvalue weighted by atomic mass is 32.2. The Morgan fingerprint density at radius 2 is 1.71 bits per heavy atom. The van der Waals surface area contributed by atoms with Gasteiger partial charge in [-0.3, -0.25) is 4.79 Å². The van der Waals surface area contributed by atoms with E-state index in [1.54, 1.807) is 24.5 Å². The number of methoxy groups -OCH3 is 1. The van der Waals surface area contributed by atoms with E-state index in [1.165, 1.54) is 25.3 Å². The molecule has 2 amide bonds. The number of nitrogens with zero attached hydrogens (tertiary/aromatic N) is 1. The van der Waals surface area contributed by atoms with Crippen LogP contribution in [0.15, 0.2) is 53.5 Å². The second-order valence-electron chi connectivity index (χ2n) is 7.16. The molecule has 3 rings (SSSR count). The monoisotopic (exact) mass is 441 g/mol. The number of thioether (sulfide) groups is 1. The number of carbonyl (C=O) groups is 2. The summed E-state index contributed by atoms with van der Waals surface area (Å²) >= 11 is 1.27. The molecule has 0 aromatic heterocycles. The Morgan fingerprint density at radius 3 is 2.39 bits per heavy atom. The molecule has 0 aliphatic heterocycles. The van der Waals surface area contributed by atoms with Crippen molar-refractivity contribution in [1.29, 1.82) is 0 Å². The Bertz CT molecular complexity index is 928. The highest BCUT2D eigenvalue weighted by Crippen LogP contribution is 2.32. The SMILES string of the molecule is COC(=O)/N=C(/Nc1ccc(Oc2ccccc2)cc1NC(=O)C1CCCCC1)SC. The third-order valence-electron chi connectivity index (χ3n) is 5.01. The Morgan fingerprint density at radius 1 is 0.968 bits per heavy atom. The predicted octanol–water partition coefficient (Wildman–Crippen LogP) is 5.90. The molecule has 0 radical (unpaired) electrons. The summed E-state index contributed by atoms with van der Waals surface area (Å²) in [4.78, 5) is 28.3. The quantitative estimate of drug-likeness (QED) is 0.444. The van der Waals surface area contributed by atoms with Crippen molar-refractivity contribution in [3.05, 3.63) is 48.5 Å². The molecular formula is C23H27N3O4S. The normalized spacial score (nSPS) is 14.6.